The van der Waals surface area contributed by atoms with Crippen LogP contribution in [0.25, 0.3) is 0 Å². The van der Waals surface area contributed by atoms with Gasteiger partial charge in [-0.05, 0) is 12.1 Å². The molecule has 0 amide bonds. The van der Waals surface area contributed by atoms with Crippen molar-refractivity contribution >= 4 is 15.8 Å². The van der Waals surface area contributed by atoms with E-state index in [1.54, 1.807) is 26.8 Å². The summed E-state index contributed by atoms with van der Waals surface area (Å²) in [5.41, 5.74) is -0.826. The minimum absolute atomic E-state index is 0.196. The Labute approximate surface area is 112 Å². The first kappa shape index (κ1) is 15.3. The lowest BCUT2D eigenvalue weighted by Crippen LogP contribution is -2.35. The van der Waals surface area contributed by atoms with Crippen LogP contribution in [0.5, 0.6) is 0 Å². The molecule has 1 heterocycles. The number of ketones is 1. The summed E-state index contributed by atoms with van der Waals surface area (Å²) < 4.78 is 26.2. The molecule has 0 fully saturated rings. The highest BCUT2D eigenvalue weighted by Crippen LogP contribution is 2.15. The summed E-state index contributed by atoms with van der Waals surface area (Å²) >= 11 is 0. The average molecular weight is 281 g/mol. The Bertz CT molecular complexity index is 624. The maximum Gasteiger partial charge on any atom is 0.243 e. The van der Waals surface area contributed by atoms with Crippen LogP contribution in [-0.4, -0.2) is 25.7 Å². The third-order valence-corrected chi connectivity index (χ3v) is 3.86. The van der Waals surface area contributed by atoms with Gasteiger partial charge in [0.1, 0.15) is 11.0 Å². The van der Waals surface area contributed by atoms with Gasteiger partial charge in [0.05, 0.1) is 6.54 Å². The van der Waals surface area contributed by atoms with E-state index in [1.165, 1.54) is 18.3 Å². The predicted molar refractivity (Wildman–Crippen MR) is 68.6 cm³/mol. The molecule has 7 heteroatoms. The first-order valence-electron chi connectivity index (χ1n) is 5.56. The summed E-state index contributed by atoms with van der Waals surface area (Å²) in [4.78, 5) is 15.1. The molecule has 1 N–H and O–H groups in total. The van der Waals surface area contributed by atoms with Crippen molar-refractivity contribution in [2.75, 3.05) is 6.54 Å². The molecule has 1 rings (SSSR count). The van der Waals surface area contributed by atoms with Gasteiger partial charge in [-0.1, -0.05) is 20.8 Å². The topological polar surface area (TPSA) is 99.9 Å². The third kappa shape index (κ3) is 3.84. The number of aromatic nitrogens is 1. The molecular formula is C12H15N3O3S. The van der Waals surface area contributed by atoms with Crippen LogP contribution >= 0.6 is 0 Å². The number of pyridine rings is 1. The number of nitrogens with one attached hydrogen (secondary N) is 1. The van der Waals surface area contributed by atoms with Crippen LogP contribution in [-0.2, 0) is 14.8 Å². The normalized spacial score (nSPS) is 11.9. The van der Waals surface area contributed by atoms with E-state index >= 15 is 0 Å². The van der Waals surface area contributed by atoms with Crippen LogP contribution in [0, 0.1) is 16.7 Å². The largest absolute Gasteiger partial charge is 0.298 e. The van der Waals surface area contributed by atoms with Gasteiger partial charge < -0.3 is 0 Å². The molecule has 6 nitrogen and oxygen atoms in total. The van der Waals surface area contributed by atoms with Crippen molar-refractivity contribution in [2.45, 2.75) is 25.7 Å². The second-order valence-corrected chi connectivity index (χ2v) is 6.70. The van der Waals surface area contributed by atoms with Gasteiger partial charge >= 0.3 is 0 Å². The first-order chi connectivity index (χ1) is 8.68. The van der Waals surface area contributed by atoms with E-state index in [4.69, 9.17) is 5.26 Å². The van der Waals surface area contributed by atoms with Gasteiger partial charge in [0.2, 0.25) is 10.0 Å². The number of nitrogens with zero attached hydrogens (tertiary/aromatic N) is 2. The lowest BCUT2D eigenvalue weighted by atomic mass is 9.91. The second kappa shape index (κ2) is 5.47. The number of hydrogen-bond donors (Lipinski definition) is 1. The van der Waals surface area contributed by atoms with E-state index < -0.39 is 15.4 Å². The summed E-state index contributed by atoms with van der Waals surface area (Å²) in [7, 11) is -3.91. The van der Waals surface area contributed by atoms with Gasteiger partial charge in [-0.2, -0.15) is 5.26 Å². The number of carbonyl (C=O) groups is 1. The molecule has 0 atom stereocenters. The summed E-state index contributed by atoms with van der Waals surface area (Å²) in [5, 5.41) is 8.82. The summed E-state index contributed by atoms with van der Waals surface area (Å²) in [5.74, 6) is -0.238. The molecule has 1 aromatic heterocycles. The predicted octanol–water partition coefficient (Wildman–Crippen LogP) is 0.847. The fraction of sp³-hybridized carbons (Fsp3) is 0.417. The van der Waals surface area contributed by atoms with Crippen LogP contribution in [0.15, 0.2) is 23.2 Å². The number of sulfonamides is 1. The molecule has 0 spiro atoms. The van der Waals surface area contributed by atoms with Crippen molar-refractivity contribution in [2.24, 2.45) is 5.41 Å². The van der Waals surface area contributed by atoms with Gasteiger partial charge in [-0.3, -0.25) is 4.79 Å². The maximum absolute atomic E-state index is 12.0. The first-order valence-corrected chi connectivity index (χ1v) is 7.05. The van der Waals surface area contributed by atoms with Crippen LogP contribution < -0.4 is 4.72 Å². The molecule has 0 aliphatic heterocycles. The molecule has 0 saturated carbocycles. The third-order valence-electron chi connectivity index (χ3n) is 2.43. The number of Topliss-reactive ketones (excluding diaryl/α,β-unsaturated/α-hetero) is 1. The van der Waals surface area contributed by atoms with E-state index in [0.717, 1.165) is 0 Å². The molecule has 0 aromatic carbocycles. The van der Waals surface area contributed by atoms with Crippen LogP contribution in [0.1, 0.15) is 26.5 Å². The Morgan fingerprint density at radius 1 is 1.47 bits per heavy atom. The Kier molecular flexibility index (Phi) is 4.39. The molecule has 0 radical (unpaired) electrons. The fourth-order valence-corrected chi connectivity index (χ4v) is 2.28. The summed E-state index contributed by atoms with van der Waals surface area (Å²) in [6.07, 6.45) is 1.33. The quantitative estimate of drug-likeness (QED) is 0.881. The highest BCUT2D eigenvalue weighted by atomic mass is 32.2. The van der Waals surface area contributed by atoms with Gasteiger partial charge in [-0.15, -0.1) is 0 Å². The molecule has 1 aromatic rings. The number of nitriles is 1. The molecular weight excluding hydrogens is 266 g/mol. The minimum atomic E-state index is -3.91. The standard InChI is InChI=1S/C12H15N3O3S/c1-12(2,3)11(16)8-15-19(17,18)10-5-4-6-14-9(10)7-13/h4-6,15H,8H2,1-3H3. The van der Waals surface area contributed by atoms with E-state index in [9.17, 15) is 13.2 Å². The lowest BCUT2D eigenvalue weighted by Gasteiger charge is -2.16. The van der Waals surface area contributed by atoms with Gasteiger partial charge in [0.15, 0.2) is 11.5 Å². The number of carbonyl (C=O) groups excluding carboxylic acids is 1. The maximum atomic E-state index is 12.0. The van der Waals surface area contributed by atoms with Crippen LogP contribution in [0.3, 0.4) is 0 Å². The van der Waals surface area contributed by atoms with Crippen molar-refractivity contribution in [3.63, 3.8) is 0 Å². The van der Waals surface area contributed by atoms with Gasteiger partial charge in [0, 0.05) is 11.6 Å². The van der Waals surface area contributed by atoms with Crippen molar-refractivity contribution in [1.82, 2.24) is 9.71 Å². The molecule has 102 valence electrons. The number of rotatable bonds is 4. The Morgan fingerprint density at radius 2 is 2.11 bits per heavy atom. The SMILES string of the molecule is CC(C)(C)C(=O)CNS(=O)(=O)c1cccnc1C#N. The van der Waals surface area contributed by atoms with Crippen molar-refractivity contribution in [3.05, 3.63) is 24.0 Å². The van der Waals surface area contributed by atoms with E-state index in [1.807, 2.05) is 0 Å². The molecule has 0 aliphatic carbocycles. The molecule has 0 bridgehead atoms. The Balaban J connectivity index is 2.95. The molecule has 0 aliphatic rings. The van der Waals surface area contributed by atoms with Crippen molar-refractivity contribution < 1.29 is 13.2 Å². The zero-order chi connectivity index (χ0) is 14.7. The average Bonchev–Trinajstić information content (AvgIpc) is 2.34. The zero-order valence-corrected chi connectivity index (χ0v) is 11.8. The Morgan fingerprint density at radius 3 is 2.63 bits per heavy atom. The number of hydrogen-bond acceptors (Lipinski definition) is 5. The van der Waals surface area contributed by atoms with Crippen LogP contribution in [0.2, 0.25) is 0 Å². The summed E-state index contributed by atoms with van der Waals surface area (Å²) in [6.45, 7) is 4.79. The molecule has 0 saturated heterocycles. The smallest absolute Gasteiger partial charge is 0.243 e. The minimum Gasteiger partial charge on any atom is -0.298 e. The van der Waals surface area contributed by atoms with E-state index in [0.29, 0.717) is 0 Å². The van der Waals surface area contributed by atoms with Crippen LogP contribution in [0.4, 0.5) is 0 Å². The molecule has 19 heavy (non-hydrogen) atoms. The van der Waals surface area contributed by atoms with Gasteiger partial charge in [-0.25, -0.2) is 18.1 Å². The lowest BCUT2D eigenvalue weighted by molar-refractivity contribution is -0.125. The Hall–Kier alpha value is -1.78. The van der Waals surface area contributed by atoms with Crippen molar-refractivity contribution in [1.29, 1.82) is 5.26 Å². The fourth-order valence-electron chi connectivity index (χ4n) is 1.19. The van der Waals surface area contributed by atoms with E-state index in [2.05, 4.69) is 9.71 Å². The highest BCUT2D eigenvalue weighted by molar-refractivity contribution is 7.89. The van der Waals surface area contributed by atoms with Crippen molar-refractivity contribution in [3.8, 4) is 6.07 Å². The van der Waals surface area contributed by atoms with Gasteiger partial charge in [0.25, 0.3) is 0 Å². The zero-order valence-electron chi connectivity index (χ0n) is 11.0. The molecule has 0 unspecified atom stereocenters. The highest BCUT2D eigenvalue weighted by Gasteiger charge is 2.25. The summed E-state index contributed by atoms with van der Waals surface area (Å²) in [6, 6.07) is 4.40. The monoisotopic (exact) mass is 281 g/mol. The second-order valence-electron chi connectivity index (χ2n) is 4.96. The van der Waals surface area contributed by atoms with E-state index in [-0.39, 0.29) is 22.9 Å².